The fourth-order valence-electron chi connectivity index (χ4n) is 0.750. The lowest BCUT2D eigenvalue weighted by Gasteiger charge is -2.34. The SMILES string of the molecule is C.C.C.C.C.C.C.C.C.C.CC(C)(C)Br.CC(C)(C)C.CC(C)(C)C(C)(C)C.CC(C)(C)Cl.CC(C)(C)F.CC(C)C.CC(C)C(C)(C)C.CCC(C)(C)C.CCCC(C)(C)C. The Balaban J connectivity index is -0.0000000195. The van der Waals surface area contributed by atoms with Crippen molar-refractivity contribution in [3.05, 3.63) is 0 Å². The molecule has 0 atom stereocenters. The molecule has 62 heavy (non-hydrogen) atoms. The second-order valence-electron chi connectivity index (χ2n) is 25.2. The predicted octanol–water partition coefficient (Wildman–Crippen LogP) is 27.1. The first kappa shape index (κ1) is 125. The summed E-state index contributed by atoms with van der Waals surface area (Å²) in [5.74, 6) is 1.63. The van der Waals surface area contributed by atoms with Crippen molar-refractivity contribution in [1.82, 2.24) is 0 Å². The summed E-state index contributed by atoms with van der Waals surface area (Å²) in [6, 6.07) is 0. The second kappa shape index (κ2) is 56.0. The van der Waals surface area contributed by atoms with E-state index < -0.39 is 5.67 Å². The van der Waals surface area contributed by atoms with E-state index >= 15 is 0 Å². The lowest BCUT2D eigenvalue weighted by atomic mass is 9.71. The third-order valence-corrected chi connectivity index (χ3v) is 6.04. The summed E-state index contributed by atoms with van der Waals surface area (Å²) in [5.41, 5.74) is 1.97. The predicted molar refractivity (Wildman–Crippen MR) is 325 cm³/mol. The van der Waals surface area contributed by atoms with Gasteiger partial charge in [0.1, 0.15) is 5.67 Å². The molecule has 0 fully saturated rings. The highest BCUT2D eigenvalue weighted by atomic mass is 79.9. The van der Waals surface area contributed by atoms with Crippen molar-refractivity contribution in [3.63, 3.8) is 0 Å². The van der Waals surface area contributed by atoms with E-state index in [4.69, 9.17) is 11.6 Å². The van der Waals surface area contributed by atoms with Crippen LogP contribution in [0.5, 0.6) is 0 Å². The minimum Gasteiger partial charge on any atom is -0.245 e. The van der Waals surface area contributed by atoms with E-state index in [1.807, 2.05) is 20.8 Å². The molecule has 0 radical (unpaired) electrons. The molecule has 0 aliphatic heterocycles. The van der Waals surface area contributed by atoms with Gasteiger partial charge in [0.25, 0.3) is 0 Å². The zero-order valence-corrected chi connectivity index (χ0v) is 46.3. The Labute approximate surface area is 424 Å². The van der Waals surface area contributed by atoms with Gasteiger partial charge in [-0.3, -0.25) is 0 Å². The van der Waals surface area contributed by atoms with E-state index in [1.54, 1.807) is 0 Å². The summed E-state index contributed by atoms with van der Waals surface area (Å²) >= 11 is 8.91. The molecule has 0 N–H and O–H groups in total. The van der Waals surface area contributed by atoms with Crippen LogP contribution in [0.3, 0.4) is 0 Å². The van der Waals surface area contributed by atoms with Gasteiger partial charge in [-0.2, -0.15) is 0 Å². The molecule has 0 heterocycles. The van der Waals surface area contributed by atoms with Gasteiger partial charge in [-0.1, -0.05) is 304 Å². The minimum atomic E-state index is -1.00. The molecule has 0 saturated heterocycles. The molecule has 0 aliphatic carbocycles. The van der Waals surface area contributed by atoms with E-state index in [0.29, 0.717) is 36.8 Å². The molecule has 0 amide bonds. The molecule has 0 bridgehead atoms. The molecule has 0 unspecified atom stereocenters. The number of hydrogen-bond donors (Lipinski definition) is 0. The van der Waals surface area contributed by atoms with Crippen LogP contribution in [0.25, 0.3) is 0 Å². The van der Waals surface area contributed by atoms with Gasteiger partial charge in [-0.05, 0) is 92.3 Å². The fourth-order valence-corrected chi connectivity index (χ4v) is 0.750. The lowest BCUT2D eigenvalue weighted by Crippen LogP contribution is -2.25. The van der Waals surface area contributed by atoms with Gasteiger partial charge in [0, 0.05) is 9.20 Å². The lowest BCUT2D eigenvalue weighted by molar-refractivity contribution is 0.157. The topological polar surface area (TPSA) is 0 Å². The molecule has 410 valence electrons. The Morgan fingerprint density at radius 2 is 0.516 bits per heavy atom. The van der Waals surface area contributed by atoms with E-state index in [1.165, 1.54) is 40.0 Å². The highest BCUT2D eigenvalue weighted by molar-refractivity contribution is 9.10. The van der Waals surface area contributed by atoms with Crippen LogP contribution in [-0.4, -0.2) is 14.9 Å². The molecular formula is C59H153BrClF. The summed E-state index contributed by atoms with van der Waals surface area (Å²) < 4.78 is 12.0. The van der Waals surface area contributed by atoms with Crippen LogP contribution in [0.1, 0.15) is 336 Å². The van der Waals surface area contributed by atoms with Crippen molar-refractivity contribution in [2.45, 2.75) is 351 Å². The van der Waals surface area contributed by atoms with E-state index in [9.17, 15) is 4.39 Å². The summed E-state index contributed by atoms with van der Waals surface area (Å²) in [5, 5.41) is 0. The third kappa shape index (κ3) is 420. The largest absolute Gasteiger partial charge is 0.245 e. The number of halogens is 3. The third-order valence-electron chi connectivity index (χ3n) is 6.04. The van der Waals surface area contributed by atoms with Crippen LogP contribution in [0.2, 0.25) is 0 Å². The summed E-state index contributed by atoms with van der Waals surface area (Å²) in [7, 11) is 0. The number of hydrogen-bond acceptors (Lipinski definition) is 0. The van der Waals surface area contributed by atoms with Crippen LogP contribution in [-0.2, 0) is 0 Å². The van der Waals surface area contributed by atoms with Crippen molar-refractivity contribution in [3.8, 4) is 0 Å². The Bertz CT molecular complexity index is 599. The standard InChI is InChI=1S/C8H18.2C7H16.C6H14.C5H12.C4H9Br.C4H9Cl.C4H9F.C4H10.10CH4/c1-7(2,3)8(4,5)6;1-6(2)7(3,4)5;1-5-6-7(2,3)4;1-5-6(2,3)4;1-5(2,3)4;3*1-4(2,3)5;1-4(2)3;;;;;;;;;;/h1-6H3;6H,1-5H3;5-6H2,1-4H3;5H2,1-4H3;1-4H3;3*1-3H3;4H,1-3H3;10*1H4. The first-order chi connectivity index (χ1) is 21.5. The highest BCUT2D eigenvalue weighted by Crippen LogP contribution is 2.36. The smallest absolute Gasteiger partial charge is 0.102 e. The van der Waals surface area contributed by atoms with Gasteiger partial charge in [0.2, 0.25) is 0 Å². The van der Waals surface area contributed by atoms with Gasteiger partial charge >= 0.3 is 0 Å². The number of alkyl halides is 3. The van der Waals surface area contributed by atoms with Crippen molar-refractivity contribution in [2.24, 2.45) is 44.3 Å². The quantitative estimate of drug-likeness (QED) is 0.230. The Kier molecular flexibility index (Phi) is 113. The summed E-state index contributed by atoms with van der Waals surface area (Å²) in [4.78, 5) is -0.0278. The van der Waals surface area contributed by atoms with Gasteiger partial charge in [0.15, 0.2) is 0 Å². The van der Waals surface area contributed by atoms with Gasteiger partial charge in [-0.15, -0.1) is 11.6 Å². The maximum atomic E-state index is 11.7. The molecule has 0 aromatic carbocycles. The van der Waals surface area contributed by atoms with Crippen LogP contribution in [0.15, 0.2) is 0 Å². The van der Waals surface area contributed by atoms with Gasteiger partial charge in [-0.25, -0.2) is 4.39 Å². The first-order valence-corrected chi connectivity index (χ1v) is 21.8. The zero-order chi connectivity index (χ0) is 45.8. The molecule has 0 aromatic heterocycles. The van der Waals surface area contributed by atoms with Crippen LogP contribution >= 0.6 is 27.5 Å². The minimum absolute atomic E-state index is 0. The van der Waals surface area contributed by atoms with Crippen molar-refractivity contribution in [1.29, 1.82) is 0 Å². The number of rotatable bonds is 1. The summed E-state index contributed by atoms with van der Waals surface area (Å²) in [6.07, 6.45) is 3.92. The van der Waals surface area contributed by atoms with Crippen LogP contribution in [0.4, 0.5) is 4.39 Å². The molecule has 0 nitrogen and oxygen atoms in total. The fraction of sp³-hybridized carbons (Fsp3) is 1.00. The van der Waals surface area contributed by atoms with Gasteiger partial charge < -0.3 is 0 Å². The zero-order valence-electron chi connectivity index (χ0n) is 43.9. The second-order valence-corrected chi connectivity index (χ2v) is 28.7. The monoisotopic (exact) mass is 995 g/mol. The van der Waals surface area contributed by atoms with E-state index in [2.05, 4.69) is 217 Å². The van der Waals surface area contributed by atoms with E-state index in [0.717, 1.165) is 11.8 Å². The maximum Gasteiger partial charge on any atom is 0.102 e. The normalized spacial score (nSPS) is 10.3. The molecule has 0 spiro atoms. The molecule has 0 saturated carbocycles. The highest BCUT2D eigenvalue weighted by Gasteiger charge is 2.26. The van der Waals surface area contributed by atoms with Crippen molar-refractivity contribution in [2.75, 3.05) is 0 Å². The average molecular weight is 997 g/mol. The first-order valence-electron chi connectivity index (χ1n) is 20.6. The molecule has 0 rings (SSSR count). The average Bonchev–Trinajstić information content (AvgIpc) is 2.66. The maximum absolute atomic E-state index is 11.7. The molecule has 0 aliphatic rings. The Morgan fingerprint density at radius 3 is 0.516 bits per heavy atom. The molecule has 3 heteroatoms. The van der Waals surface area contributed by atoms with Gasteiger partial charge in [0.05, 0.1) is 0 Å². The van der Waals surface area contributed by atoms with Crippen LogP contribution < -0.4 is 0 Å². The summed E-state index contributed by atoms with van der Waals surface area (Å²) in [6.45, 7) is 74.9. The van der Waals surface area contributed by atoms with Crippen molar-refractivity contribution < 1.29 is 4.39 Å². The van der Waals surface area contributed by atoms with Crippen LogP contribution in [0, 0.1) is 44.3 Å². The Morgan fingerprint density at radius 1 is 0.419 bits per heavy atom. The van der Waals surface area contributed by atoms with E-state index in [-0.39, 0.29) is 79.1 Å². The molecule has 0 aromatic rings. The van der Waals surface area contributed by atoms with Crippen molar-refractivity contribution >= 4 is 27.5 Å². The Hall–Kier alpha value is 0.700. The molecular weight excluding hydrogens is 843 g/mol.